The van der Waals surface area contributed by atoms with Gasteiger partial charge in [0, 0.05) is 36.3 Å². The molecule has 128 valence electrons. The summed E-state index contributed by atoms with van der Waals surface area (Å²) < 4.78 is 2.37. The minimum atomic E-state index is 0.164. The number of imidazole rings is 1. The lowest BCUT2D eigenvalue weighted by Crippen LogP contribution is -2.32. The summed E-state index contributed by atoms with van der Waals surface area (Å²) in [7, 11) is 0. The molecule has 0 unspecified atom stereocenters. The molecule has 5 rings (SSSR count). The van der Waals surface area contributed by atoms with Crippen molar-refractivity contribution in [3.63, 3.8) is 0 Å². The standard InChI is InChI=1S/C19H19N3OS2/c1-13-4-5-16(25-13)18(23)21-7-6-19(11-21)9-17-20-10-14(22(17)12-19)15-3-2-8-24-15/h2-5,8,10H,6-7,9,11-12H2,1H3/t19-/m1/s1. The van der Waals surface area contributed by atoms with Gasteiger partial charge in [-0.05, 0) is 36.9 Å². The molecule has 0 N–H and O–H groups in total. The van der Waals surface area contributed by atoms with Crippen molar-refractivity contribution in [1.29, 1.82) is 0 Å². The summed E-state index contributed by atoms with van der Waals surface area (Å²) in [6.45, 7) is 4.72. The van der Waals surface area contributed by atoms with Crippen LogP contribution in [0.3, 0.4) is 0 Å². The number of amides is 1. The number of fused-ring (bicyclic) bond motifs is 1. The second kappa shape index (κ2) is 5.54. The van der Waals surface area contributed by atoms with Crippen LogP contribution in [0.1, 0.15) is 26.8 Å². The van der Waals surface area contributed by atoms with E-state index in [2.05, 4.69) is 34.0 Å². The fourth-order valence-electron chi connectivity index (χ4n) is 4.17. The van der Waals surface area contributed by atoms with Gasteiger partial charge in [0.25, 0.3) is 5.91 Å². The van der Waals surface area contributed by atoms with E-state index in [0.29, 0.717) is 0 Å². The molecule has 1 atom stereocenters. The summed E-state index contributed by atoms with van der Waals surface area (Å²) in [5.41, 5.74) is 1.39. The Morgan fingerprint density at radius 2 is 2.20 bits per heavy atom. The third-order valence-electron chi connectivity index (χ3n) is 5.42. The molecule has 25 heavy (non-hydrogen) atoms. The molecule has 5 heterocycles. The van der Waals surface area contributed by atoms with E-state index in [1.54, 1.807) is 22.7 Å². The van der Waals surface area contributed by atoms with Crippen LogP contribution in [0, 0.1) is 12.3 Å². The van der Waals surface area contributed by atoms with Crippen molar-refractivity contribution in [3.05, 3.63) is 51.4 Å². The lowest BCUT2D eigenvalue weighted by Gasteiger charge is -2.23. The van der Waals surface area contributed by atoms with Crippen molar-refractivity contribution in [2.24, 2.45) is 5.41 Å². The Hall–Kier alpha value is -1.92. The van der Waals surface area contributed by atoms with Crippen LogP contribution in [0.4, 0.5) is 0 Å². The second-order valence-electron chi connectivity index (χ2n) is 7.19. The molecule has 1 spiro atoms. The molecule has 0 saturated carbocycles. The molecule has 1 amide bonds. The van der Waals surface area contributed by atoms with E-state index in [1.807, 2.05) is 23.2 Å². The molecule has 0 aliphatic carbocycles. The molecule has 0 aromatic carbocycles. The predicted octanol–water partition coefficient (Wildman–Crippen LogP) is 4.07. The molecular formula is C19H19N3OS2. The highest BCUT2D eigenvalue weighted by atomic mass is 32.1. The quantitative estimate of drug-likeness (QED) is 0.683. The molecular weight excluding hydrogens is 350 g/mol. The van der Waals surface area contributed by atoms with Crippen LogP contribution in [-0.4, -0.2) is 33.4 Å². The number of nitrogens with zero attached hydrogens (tertiary/aromatic N) is 3. The van der Waals surface area contributed by atoms with E-state index >= 15 is 0 Å². The first-order valence-corrected chi connectivity index (χ1v) is 10.3. The van der Waals surface area contributed by atoms with E-state index in [4.69, 9.17) is 0 Å². The zero-order chi connectivity index (χ0) is 17.0. The normalized spacial score (nSPS) is 22.0. The highest BCUT2D eigenvalue weighted by Gasteiger charge is 2.46. The maximum atomic E-state index is 12.8. The third kappa shape index (κ3) is 2.47. The Morgan fingerprint density at radius 3 is 2.96 bits per heavy atom. The van der Waals surface area contributed by atoms with Crippen LogP contribution >= 0.6 is 22.7 Å². The molecule has 3 aromatic heterocycles. The van der Waals surface area contributed by atoms with Gasteiger partial charge >= 0.3 is 0 Å². The number of carbonyl (C=O) groups is 1. The van der Waals surface area contributed by atoms with Crippen molar-refractivity contribution in [2.75, 3.05) is 13.1 Å². The van der Waals surface area contributed by atoms with Crippen LogP contribution in [0.15, 0.2) is 35.8 Å². The average molecular weight is 370 g/mol. The van der Waals surface area contributed by atoms with Crippen molar-refractivity contribution >= 4 is 28.6 Å². The van der Waals surface area contributed by atoms with Crippen molar-refractivity contribution in [3.8, 4) is 10.6 Å². The van der Waals surface area contributed by atoms with Gasteiger partial charge in [0.2, 0.25) is 0 Å². The topological polar surface area (TPSA) is 38.1 Å². The molecule has 2 aliphatic heterocycles. The number of carbonyl (C=O) groups excluding carboxylic acids is 1. The van der Waals surface area contributed by atoms with Gasteiger partial charge in [-0.3, -0.25) is 4.79 Å². The number of hydrogen-bond donors (Lipinski definition) is 0. The van der Waals surface area contributed by atoms with Gasteiger partial charge in [0.05, 0.1) is 21.6 Å². The largest absolute Gasteiger partial charge is 0.337 e. The van der Waals surface area contributed by atoms with Gasteiger partial charge in [-0.15, -0.1) is 22.7 Å². The number of aromatic nitrogens is 2. The molecule has 3 aromatic rings. The smallest absolute Gasteiger partial charge is 0.263 e. The minimum Gasteiger partial charge on any atom is -0.337 e. The molecule has 2 aliphatic rings. The number of aryl methyl sites for hydroxylation is 1. The SMILES string of the molecule is Cc1ccc(C(=O)N2CC[C@@]3(Cc4ncc(-c5cccs5)n4C3)C2)s1. The van der Waals surface area contributed by atoms with Crippen molar-refractivity contribution in [2.45, 2.75) is 26.3 Å². The van der Waals surface area contributed by atoms with Gasteiger partial charge in [-0.2, -0.15) is 0 Å². The maximum Gasteiger partial charge on any atom is 0.263 e. The van der Waals surface area contributed by atoms with E-state index in [1.165, 1.54) is 21.3 Å². The summed E-state index contributed by atoms with van der Waals surface area (Å²) in [6.07, 6.45) is 4.04. The van der Waals surface area contributed by atoms with Gasteiger partial charge in [-0.1, -0.05) is 6.07 Å². The second-order valence-corrected chi connectivity index (χ2v) is 9.42. The van der Waals surface area contributed by atoms with Crippen LogP contribution in [0.2, 0.25) is 0 Å². The van der Waals surface area contributed by atoms with E-state index in [9.17, 15) is 4.79 Å². The van der Waals surface area contributed by atoms with Crippen molar-refractivity contribution < 1.29 is 4.79 Å². The maximum absolute atomic E-state index is 12.8. The fraction of sp³-hybridized carbons (Fsp3) is 0.368. The lowest BCUT2D eigenvalue weighted by atomic mass is 9.86. The Bertz CT molecular complexity index is 940. The number of rotatable bonds is 2. The molecule has 0 radical (unpaired) electrons. The Morgan fingerprint density at radius 1 is 1.28 bits per heavy atom. The minimum absolute atomic E-state index is 0.164. The summed E-state index contributed by atoms with van der Waals surface area (Å²) in [5, 5.41) is 2.11. The number of hydrogen-bond acceptors (Lipinski definition) is 4. The summed E-state index contributed by atoms with van der Waals surface area (Å²) in [4.78, 5) is 22.8. The number of thiophene rings is 2. The zero-order valence-electron chi connectivity index (χ0n) is 14.1. The van der Waals surface area contributed by atoms with Gasteiger partial charge in [-0.25, -0.2) is 4.98 Å². The number of likely N-dealkylation sites (tertiary alicyclic amines) is 1. The first-order chi connectivity index (χ1) is 12.1. The monoisotopic (exact) mass is 369 g/mol. The summed E-state index contributed by atoms with van der Waals surface area (Å²) in [5.74, 6) is 1.36. The molecule has 1 saturated heterocycles. The zero-order valence-corrected chi connectivity index (χ0v) is 15.7. The predicted molar refractivity (Wildman–Crippen MR) is 101 cm³/mol. The fourth-order valence-corrected chi connectivity index (χ4v) is 5.75. The van der Waals surface area contributed by atoms with Crippen molar-refractivity contribution in [1.82, 2.24) is 14.5 Å². The van der Waals surface area contributed by atoms with Crippen LogP contribution in [0.5, 0.6) is 0 Å². The lowest BCUT2D eigenvalue weighted by molar-refractivity contribution is 0.0776. The Labute approximate surface area is 154 Å². The first-order valence-electron chi connectivity index (χ1n) is 8.58. The summed E-state index contributed by atoms with van der Waals surface area (Å²) in [6, 6.07) is 8.23. The Kier molecular flexibility index (Phi) is 3.40. The highest BCUT2D eigenvalue weighted by Crippen LogP contribution is 2.43. The van der Waals surface area contributed by atoms with E-state index < -0.39 is 0 Å². The molecule has 4 nitrogen and oxygen atoms in total. The molecule has 0 bridgehead atoms. The van der Waals surface area contributed by atoms with Crippen LogP contribution in [-0.2, 0) is 13.0 Å². The van der Waals surface area contributed by atoms with Gasteiger partial charge < -0.3 is 9.47 Å². The Balaban J connectivity index is 1.37. The van der Waals surface area contributed by atoms with E-state index in [-0.39, 0.29) is 11.3 Å². The van der Waals surface area contributed by atoms with Crippen LogP contribution in [0.25, 0.3) is 10.6 Å². The molecule has 1 fully saturated rings. The average Bonchev–Trinajstić information content (AvgIpc) is 3.36. The first kappa shape index (κ1) is 15.3. The highest BCUT2D eigenvalue weighted by molar-refractivity contribution is 7.14. The van der Waals surface area contributed by atoms with Gasteiger partial charge in [0.15, 0.2) is 0 Å². The summed E-state index contributed by atoms with van der Waals surface area (Å²) >= 11 is 3.35. The van der Waals surface area contributed by atoms with E-state index in [0.717, 1.165) is 37.4 Å². The molecule has 6 heteroatoms. The van der Waals surface area contributed by atoms with Crippen LogP contribution < -0.4 is 0 Å². The van der Waals surface area contributed by atoms with Gasteiger partial charge in [0.1, 0.15) is 5.82 Å². The third-order valence-corrected chi connectivity index (χ3v) is 7.30.